The Hall–Kier alpha value is -3.28. The van der Waals surface area contributed by atoms with Gasteiger partial charge >= 0.3 is 5.97 Å². The number of ether oxygens (including phenoxy) is 3. The van der Waals surface area contributed by atoms with Crippen LogP contribution >= 0.6 is 0 Å². The van der Waals surface area contributed by atoms with Crippen molar-refractivity contribution < 1.29 is 19.0 Å². The van der Waals surface area contributed by atoms with Crippen molar-refractivity contribution in [2.45, 2.75) is 31.3 Å². The summed E-state index contributed by atoms with van der Waals surface area (Å²) in [6.45, 7) is 0.495. The summed E-state index contributed by atoms with van der Waals surface area (Å²) in [7, 11) is 3.35. The van der Waals surface area contributed by atoms with Gasteiger partial charge in [0.05, 0.1) is 26.3 Å². The van der Waals surface area contributed by atoms with Crippen molar-refractivity contribution in [3.63, 3.8) is 0 Å². The van der Waals surface area contributed by atoms with E-state index in [1.165, 1.54) is 23.8 Å². The van der Waals surface area contributed by atoms with E-state index in [2.05, 4.69) is 23.3 Å². The zero-order chi connectivity index (χ0) is 20.7. The largest absolute Gasteiger partial charge is 0.492 e. The number of aromatic nitrogens is 2. The minimum absolute atomic E-state index is 0.0157. The fourth-order valence-corrected chi connectivity index (χ4v) is 4.52. The SMILES string of the molecule is COC(=O)CC1COc2cc(OC3CCc4c(-c5cnn(C)c5)cccc43)ccc21. The maximum absolute atomic E-state index is 11.6. The van der Waals surface area contributed by atoms with E-state index in [1.807, 2.05) is 42.3 Å². The predicted octanol–water partition coefficient (Wildman–Crippen LogP) is 4.19. The number of hydrogen-bond acceptors (Lipinski definition) is 5. The van der Waals surface area contributed by atoms with Crippen LogP contribution in [0.4, 0.5) is 0 Å². The number of hydrogen-bond donors (Lipinski definition) is 0. The first-order valence-electron chi connectivity index (χ1n) is 10.2. The van der Waals surface area contributed by atoms with E-state index in [0.29, 0.717) is 13.0 Å². The van der Waals surface area contributed by atoms with Crippen LogP contribution in [0, 0.1) is 0 Å². The molecule has 0 N–H and O–H groups in total. The molecule has 30 heavy (non-hydrogen) atoms. The molecule has 0 saturated carbocycles. The van der Waals surface area contributed by atoms with Gasteiger partial charge in [0.2, 0.25) is 0 Å². The second-order valence-electron chi connectivity index (χ2n) is 7.91. The molecule has 1 aliphatic carbocycles. The van der Waals surface area contributed by atoms with Crippen molar-refractivity contribution in [3.05, 3.63) is 65.5 Å². The van der Waals surface area contributed by atoms with Gasteiger partial charge in [0, 0.05) is 36.4 Å². The number of carbonyl (C=O) groups is 1. The zero-order valence-corrected chi connectivity index (χ0v) is 17.1. The molecule has 6 nitrogen and oxygen atoms in total. The molecule has 154 valence electrons. The van der Waals surface area contributed by atoms with E-state index < -0.39 is 0 Å². The molecule has 2 aromatic carbocycles. The standard InChI is InChI=1S/C24H24N2O4/c1-26-13-16(12-25-26)18-4-3-5-21-20(18)8-9-22(21)30-17-6-7-19-15(10-24(27)28-2)14-29-23(19)11-17/h3-7,11-13,15,22H,8-10,14H2,1-2H3. The number of methoxy groups -OCH3 is 1. The highest BCUT2D eigenvalue weighted by Crippen LogP contribution is 2.42. The first kappa shape index (κ1) is 18.7. The van der Waals surface area contributed by atoms with Crippen LogP contribution in [0.2, 0.25) is 0 Å². The lowest BCUT2D eigenvalue weighted by Gasteiger charge is -2.16. The van der Waals surface area contributed by atoms with Crippen LogP contribution in [0.3, 0.4) is 0 Å². The highest BCUT2D eigenvalue weighted by atomic mass is 16.5. The summed E-state index contributed by atoms with van der Waals surface area (Å²) in [6.07, 6.45) is 6.22. The summed E-state index contributed by atoms with van der Waals surface area (Å²) < 4.78 is 18.8. The molecule has 0 saturated heterocycles. The van der Waals surface area contributed by atoms with Gasteiger partial charge in [-0.25, -0.2) is 0 Å². The zero-order valence-electron chi connectivity index (χ0n) is 17.1. The molecular weight excluding hydrogens is 380 g/mol. The van der Waals surface area contributed by atoms with Gasteiger partial charge in [-0.2, -0.15) is 5.10 Å². The van der Waals surface area contributed by atoms with Gasteiger partial charge in [-0.3, -0.25) is 9.48 Å². The molecule has 1 aromatic heterocycles. The molecule has 2 unspecified atom stereocenters. The number of aryl methyl sites for hydroxylation is 1. The molecule has 0 amide bonds. The molecule has 6 heteroatoms. The van der Waals surface area contributed by atoms with Gasteiger partial charge in [-0.05, 0) is 35.6 Å². The number of fused-ring (bicyclic) bond motifs is 2. The Morgan fingerprint density at radius 1 is 1.27 bits per heavy atom. The first-order chi connectivity index (χ1) is 14.6. The van der Waals surface area contributed by atoms with Crippen LogP contribution in [0.15, 0.2) is 48.8 Å². The molecule has 5 rings (SSSR count). The third-order valence-electron chi connectivity index (χ3n) is 6.02. The minimum Gasteiger partial charge on any atom is -0.492 e. The number of esters is 1. The summed E-state index contributed by atoms with van der Waals surface area (Å²) in [5, 5.41) is 4.31. The topological polar surface area (TPSA) is 62.6 Å². The highest BCUT2D eigenvalue weighted by Gasteiger charge is 2.29. The summed E-state index contributed by atoms with van der Waals surface area (Å²) in [4.78, 5) is 11.6. The number of rotatable bonds is 5. The Morgan fingerprint density at radius 2 is 2.17 bits per heavy atom. The maximum atomic E-state index is 11.6. The summed E-state index contributed by atoms with van der Waals surface area (Å²) >= 11 is 0. The second kappa shape index (κ2) is 7.52. The fourth-order valence-electron chi connectivity index (χ4n) is 4.52. The van der Waals surface area contributed by atoms with Crippen molar-refractivity contribution in [1.82, 2.24) is 9.78 Å². The summed E-state index contributed by atoms with van der Waals surface area (Å²) in [6, 6.07) is 12.3. The summed E-state index contributed by atoms with van der Waals surface area (Å²) in [5.41, 5.74) is 5.98. The van der Waals surface area contributed by atoms with Crippen molar-refractivity contribution in [3.8, 4) is 22.6 Å². The fraction of sp³-hybridized carbons (Fsp3) is 0.333. The molecule has 1 aliphatic heterocycles. The van der Waals surface area contributed by atoms with Crippen LogP contribution < -0.4 is 9.47 Å². The highest BCUT2D eigenvalue weighted by molar-refractivity contribution is 5.71. The number of nitrogens with zero attached hydrogens (tertiary/aromatic N) is 2. The van der Waals surface area contributed by atoms with Crippen LogP contribution in [-0.4, -0.2) is 29.5 Å². The lowest BCUT2D eigenvalue weighted by Crippen LogP contribution is -2.09. The normalized spacial score (nSPS) is 19.1. The number of carbonyl (C=O) groups excluding carboxylic acids is 1. The van der Waals surface area contributed by atoms with Crippen molar-refractivity contribution in [2.24, 2.45) is 7.05 Å². The molecule has 0 spiro atoms. The Balaban J connectivity index is 1.36. The van der Waals surface area contributed by atoms with E-state index in [4.69, 9.17) is 14.2 Å². The molecule has 3 aromatic rings. The van der Waals surface area contributed by atoms with Gasteiger partial charge < -0.3 is 14.2 Å². The third-order valence-corrected chi connectivity index (χ3v) is 6.02. The molecule has 2 atom stereocenters. The van der Waals surface area contributed by atoms with Crippen LogP contribution in [0.25, 0.3) is 11.1 Å². The van der Waals surface area contributed by atoms with Crippen LogP contribution in [0.1, 0.15) is 41.6 Å². The van der Waals surface area contributed by atoms with Gasteiger partial charge in [0.25, 0.3) is 0 Å². The molecule has 2 aliphatic rings. The monoisotopic (exact) mass is 404 g/mol. The quantitative estimate of drug-likeness (QED) is 0.597. The van der Waals surface area contributed by atoms with E-state index in [9.17, 15) is 4.79 Å². The van der Waals surface area contributed by atoms with Gasteiger partial charge in [-0.1, -0.05) is 24.3 Å². The van der Waals surface area contributed by atoms with Gasteiger partial charge in [0.15, 0.2) is 0 Å². The minimum atomic E-state index is -0.219. The van der Waals surface area contributed by atoms with E-state index in [0.717, 1.165) is 35.5 Å². The van der Waals surface area contributed by atoms with Crippen LogP contribution in [-0.2, 0) is 23.0 Å². The van der Waals surface area contributed by atoms with Crippen molar-refractivity contribution >= 4 is 5.97 Å². The third kappa shape index (κ3) is 3.32. The summed E-state index contributed by atoms with van der Waals surface area (Å²) in [5.74, 6) is 1.40. The molecule has 0 radical (unpaired) electrons. The lowest BCUT2D eigenvalue weighted by atomic mass is 9.98. The predicted molar refractivity (Wildman–Crippen MR) is 112 cm³/mol. The maximum Gasteiger partial charge on any atom is 0.306 e. The van der Waals surface area contributed by atoms with E-state index in [-0.39, 0.29) is 18.0 Å². The second-order valence-corrected chi connectivity index (χ2v) is 7.91. The Bertz CT molecular complexity index is 1100. The number of benzene rings is 2. The van der Waals surface area contributed by atoms with Crippen LogP contribution in [0.5, 0.6) is 11.5 Å². The average molecular weight is 404 g/mol. The molecule has 2 heterocycles. The Morgan fingerprint density at radius 3 is 2.97 bits per heavy atom. The molecular formula is C24H24N2O4. The van der Waals surface area contributed by atoms with Crippen molar-refractivity contribution in [2.75, 3.05) is 13.7 Å². The van der Waals surface area contributed by atoms with E-state index >= 15 is 0 Å². The van der Waals surface area contributed by atoms with Gasteiger partial charge in [0.1, 0.15) is 17.6 Å². The lowest BCUT2D eigenvalue weighted by molar-refractivity contribution is -0.141. The Kier molecular flexibility index (Phi) is 4.69. The molecule has 0 bridgehead atoms. The van der Waals surface area contributed by atoms with Crippen molar-refractivity contribution in [1.29, 1.82) is 0 Å². The Labute approximate surface area is 175 Å². The first-order valence-corrected chi connectivity index (χ1v) is 10.2. The van der Waals surface area contributed by atoms with E-state index in [1.54, 1.807) is 0 Å². The average Bonchev–Trinajstić information content (AvgIpc) is 3.47. The molecule has 0 fully saturated rings. The van der Waals surface area contributed by atoms with Gasteiger partial charge in [-0.15, -0.1) is 0 Å². The smallest absolute Gasteiger partial charge is 0.306 e.